The highest BCUT2D eigenvalue weighted by atomic mass is 15.2. The molecule has 0 radical (unpaired) electrons. The van der Waals surface area contributed by atoms with Gasteiger partial charge < -0.3 is 5.73 Å². The fraction of sp³-hybridized carbons (Fsp3) is 1.00. The lowest BCUT2D eigenvalue weighted by molar-refractivity contribution is 0.280. The predicted octanol–water partition coefficient (Wildman–Crippen LogP) is 1.02. The highest BCUT2D eigenvalue weighted by molar-refractivity contribution is 4.55. The van der Waals surface area contributed by atoms with Crippen LogP contribution in [-0.4, -0.2) is 25.2 Å². The van der Waals surface area contributed by atoms with Gasteiger partial charge in [0.2, 0.25) is 0 Å². The highest BCUT2D eigenvalue weighted by Gasteiger charge is 2.01. The summed E-state index contributed by atoms with van der Waals surface area (Å²) in [7, 11) is 4.03. The molecule has 0 saturated heterocycles. The molecular weight excluding hydrogens is 112 g/mol. The Morgan fingerprint density at radius 3 is 2.33 bits per heavy atom. The third kappa shape index (κ3) is 4.43. The average Bonchev–Trinajstić information content (AvgIpc) is 1.82. The van der Waals surface area contributed by atoms with E-state index in [9.17, 15) is 0 Å². The maximum absolute atomic E-state index is 5.73. The van der Waals surface area contributed by atoms with Crippen molar-refractivity contribution in [2.75, 3.05) is 14.1 Å². The van der Waals surface area contributed by atoms with Crippen molar-refractivity contribution < 1.29 is 0 Å². The van der Waals surface area contributed by atoms with Gasteiger partial charge in [0.25, 0.3) is 0 Å². The van der Waals surface area contributed by atoms with Gasteiger partial charge in [-0.15, -0.1) is 0 Å². The van der Waals surface area contributed by atoms with E-state index in [-0.39, 0.29) is 6.17 Å². The summed E-state index contributed by atoms with van der Waals surface area (Å²) in [6.07, 6.45) is 3.84. The fourth-order valence-corrected chi connectivity index (χ4v) is 0.671. The van der Waals surface area contributed by atoms with Gasteiger partial charge in [-0.05, 0) is 20.5 Å². The molecule has 0 aromatic rings. The Kier molecular flexibility index (Phi) is 4.72. The molecule has 1 unspecified atom stereocenters. The molecule has 0 amide bonds. The van der Waals surface area contributed by atoms with E-state index in [2.05, 4.69) is 11.8 Å². The van der Waals surface area contributed by atoms with Crippen LogP contribution in [0.5, 0.6) is 0 Å². The number of hydrogen-bond acceptors (Lipinski definition) is 2. The Bertz CT molecular complexity index is 61.9. The maximum Gasteiger partial charge on any atom is 0.0566 e. The van der Waals surface area contributed by atoms with Gasteiger partial charge in [0.1, 0.15) is 0 Å². The molecule has 0 aliphatic carbocycles. The number of rotatable bonds is 4. The molecule has 0 aromatic carbocycles. The van der Waals surface area contributed by atoms with Crippen molar-refractivity contribution in [3.63, 3.8) is 0 Å². The SMILES string of the molecule is CCCCC(N)N(C)C. The van der Waals surface area contributed by atoms with Gasteiger partial charge in [-0.2, -0.15) is 0 Å². The van der Waals surface area contributed by atoms with E-state index >= 15 is 0 Å². The van der Waals surface area contributed by atoms with Crippen LogP contribution < -0.4 is 5.73 Å². The lowest BCUT2D eigenvalue weighted by Crippen LogP contribution is -2.35. The summed E-state index contributed by atoms with van der Waals surface area (Å²) >= 11 is 0. The van der Waals surface area contributed by atoms with E-state index in [0.29, 0.717) is 0 Å². The molecule has 0 saturated carbocycles. The molecule has 0 bridgehead atoms. The van der Waals surface area contributed by atoms with Crippen molar-refractivity contribution in [2.24, 2.45) is 5.73 Å². The van der Waals surface area contributed by atoms with Crippen LogP contribution >= 0.6 is 0 Å². The first-order valence-electron chi connectivity index (χ1n) is 3.60. The molecule has 56 valence electrons. The molecule has 0 rings (SSSR count). The highest BCUT2D eigenvalue weighted by Crippen LogP contribution is 1.98. The van der Waals surface area contributed by atoms with Crippen LogP contribution in [0.1, 0.15) is 26.2 Å². The molecule has 2 nitrogen and oxygen atoms in total. The van der Waals surface area contributed by atoms with Crippen LogP contribution in [0.3, 0.4) is 0 Å². The lowest BCUT2D eigenvalue weighted by atomic mass is 10.2. The molecule has 2 N–H and O–H groups in total. The number of nitrogens with two attached hydrogens (primary N) is 1. The first-order valence-corrected chi connectivity index (χ1v) is 3.60. The minimum absolute atomic E-state index is 0.255. The van der Waals surface area contributed by atoms with Gasteiger partial charge in [-0.1, -0.05) is 19.8 Å². The summed E-state index contributed by atoms with van der Waals surface area (Å²) in [6, 6.07) is 0. The summed E-state index contributed by atoms with van der Waals surface area (Å²) in [5.74, 6) is 0. The second kappa shape index (κ2) is 4.77. The number of nitrogens with zero attached hydrogens (tertiary/aromatic N) is 1. The zero-order valence-corrected chi connectivity index (χ0v) is 6.72. The standard InChI is InChI=1S/C7H18N2/c1-4-5-6-7(8)9(2)3/h7H,4-6,8H2,1-3H3. The van der Waals surface area contributed by atoms with Crippen LogP contribution in [0.25, 0.3) is 0 Å². The van der Waals surface area contributed by atoms with Crippen molar-refractivity contribution >= 4 is 0 Å². The molecule has 0 aromatic heterocycles. The van der Waals surface area contributed by atoms with Crippen LogP contribution in [0.4, 0.5) is 0 Å². The molecule has 9 heavy (non-hydrogen) atoms. The molecule has 1 atom stereocenters. The van der Waals surface area contributed by atoms with Gasteiger partial charge >= 0.3 is 0 Å². The van der Waals surface area contributed by atoms with Crippen molar-refractivity contribution in [3.8, 4) is 0 Å². The van der Waals surface area contributed by atoms with Crippen LogP contribution in [0, 0.1) is 0 Å². The zero-order valence-electron chi connectivity index (χ0n) is 6.72. The Hall–Kier alpha value is -0.0800. The monoisotopic (exact) mass is 130 g/mol. The number of unbranched alkanes of at least 4 members (excludes halogenated alkanes) is 1. The molecule has 0 heterocycles. The Morgan fingerprint density at radius 1 is 1.44 bits per heavy atom. The summed E-state index contributed by atoms with van der Waals surface area (Å²) in [5.41, 5.74) is 5.73. The van der Waals surface area contributed by atoms with Crippen molar-refractivity contribution in [1.82, 2.24) is 4.90 Å². The van der Waals surface area contributed by atoms with E-state index in [1.165, 1.54) is 12.8 Å². The van der Waals surface area contributed by atoms with Gasteiger partial charge in [0.15, 0.2) is 0 Å². The second-order valence-electron chi connectivity index (χ2n) is 2.67. The van der Waals surface area contributed by atoms with E-state index < -0.39 is 0 Å². The average molecular weight is 130 g/mol. The predicted molar refractivity (Wildman–Crippen MR) is 41.2 cm³/mol. The molecule has 0 spiro atoms. The minimum atomic E-state index is 0.255. The Balaban J connectivity index is 3.16. The molecule has 0 aliphatic heterocycles. The van der Waals surface area contributed by atoms with Gasteiger partial charge in [0.05, 0.1) is 6.17 Å². The largest absolute Gasteiger partial charge is 0.316 e. The van der Waals surface area contributed by atoms with Crippen LogP contribution in [-0.2, 0) is 0 Å². The first kappa shape index (κ1) is 8.92. The summed E-state index contributed by atoms with van der Waals surface area (Å²) in [6.45, 7) is 2.18. The van der Waals surface area contributed by atoms with Crippen molar-refractivity contribution in [3.05, 3.63) is 0 Å². The molecule has 0 fully saturated rings. The number of hydrogen-bond donors (Lipinski definition) is 1. The lowest BCUT2D eigenvalue weighted by Gasteiger charge is -2.18. The van der Waals surface area contributed by atoms with Crippen molar-refractivity contribution in [1.29, 1.82) is 0 Å². The van der Waals surface area contributed by atoms with Crippen molar-refractivity contribution in [2.45, 2.75) is 32.4 Å². The quantitative estimate of drug-likeness (QED) is 0.576. The Labute approximate surface area is 58.0 Å². The summed E-state index contributed by atoms with van der Waals surface area (Å²) in [5, 5.41) is 0. The maximum atomic E-state index is 5.73. The Morgan fingerprint density at radius 2 is 2.00 bits per heavy atom. The first-order chi connectivity index (χ1) is 4.18. The molecule has 2 heteroatoms. The van der Waals surface area contributed by atoms with Gasteiger partial charge in [-0.3, -0.25) is 4.90 Å². The smallest absolute Gasteiger partial charge is 0.0566 e. The molecule has 0 aliphatic rings. The third-order valence-corrected chi connectivity index (χ3v) is 1.52. The van der Waals surface area contributed by atoms with E-state index in [0.717, 1.165) is 6.42 Å². The van der Waals surface area contributed by atoms with Crippen LogP contribution in [0.2, 0.25) is 0 Å². The normalized spacial score (nSPS) is 14.3. The zero-order chi connectivity index (χ0) is 7.28. The second-order valence-corrected chi connectivity index (χ2v) is 2.67. The molecular formula is C7H18N2. The summed E-state index contributed by atoms with van der Waals surface area (Å²) in [4.78, 5) is 2.05. The summed E-state index contributed by atoms with van der Waals surface area (Å²) < 4.78 is 0. The fourth-order valence-electron chi connectivity index (χ4n) is 0.671. The van der Waals surface area contributed by atoms with E-state index in [1.807, 2.05) is 14.1 Å². The third-order valence-electron chi connectivity index (χ3n) is 1.52. The minimum Gasteiger partial charge on any atom is -0.316 e. The van der Waals surface area contributed by atoms with Gasteiger partial charge in [0, 0.05) is 0 Å². The topological polar surface area (TPSA) is 29.3 Å². The van der Waals surface area contributed by atoms with E-state index in [4.69, 9.17) is 5.73 Å². The van der Waals surface area contributed by atoms with E-state index in [1.54, 1.807) is 0 Å². The van der Waals surface area contributed by atoms with Gasteiger partial charge in [-0.25, -0.2) is 0 Å². The van der Waals surface area contributed by atoms with Crippen LogP contribution in [0.15, 0.2) is 0 Å².